The van der Waals surface area contributed by atoms with Gasteiger partial charge in [0.15, 0.2) is 11.5 Å². The summed E-state index contributed by atoms with van der Waals surface area (Å²) in [5.41, 5.74) is 1.57. The molecule has 3 rings (SSSR count). The second kappa shape index (κ2) is 11.6. The van der Waals surface area contributed by atoms with Crippen LogP contribution in [0.4, 0.5) is 5.69 Å². The summed E-state index contributed by atoms with van der Waals surface area (Å²) in [6.07, 6.45) is 3.47. The molecule has 1 aromatic carbocycles. The molecule has 1 aliphatic rings. The SMILES string of the molecule is C(=Nc1ccc2c(c1)OCCOCCSCCOCCO2)c1ccccn1. The van der Waals surface area contributed by atoms with E-state index in [0.717, 1.165) is 29.5 Å². The monoisotopic (exact) mass is 388 g/mol. The maximum atomic E-state index is 5.87. The zero-order valence-electron chi connectivity index (χ0n) is 15.2. The Balaban J connectivity index is 1.67. The number of hydrogen-bond donors (Lipinski definition) is 0. The van der Waals surface area contributed by atoms with Crippen LogP contribution in [0.5, 0.6) is 11.5 Å². The van der Waals surface area contributed by atoms with E-state index < -0.39 is 0 Å². The predicted octanol–water partition coefficient (Wildman–Crippen LogP) is 3.37. The first-order valence-electron chi connectivity index (χ1n) is 9.00. The summed E-state index contributed by atoms with van der Waals surface area (Å²) in [5, 5.41) is 0. The van der Waals surface area contributed by atoms with Crippen molar-refractivity contribution in [1.29, 1.82) is 0 Å². The minimum atomic E-state index is 0.463. The molecule has 0 radical (unpaired) electrons. The number of rotatable bonds is 2. The Bertz CT molecular complexity index is 712. The molecule has 144 valence electrons. The van der Waals surface area contributed by atoms with Crippen molar-refractivity contribution in [3.8, 4) is 11.5 Å². The summed E-state index contributed by atoms with van der Waals surface area (Å²) in [5.74, 6) is 3.26. The van der Waals surface area contributed by atoms with Gasteiger partial charge in [0, 0.05) is 23.8 Å². The van der Waals surface area contributed by atoms with Crippen molar-refractivity contribution in [3.63, 3.8) is 0 Å². The van der Waals surface area contributed by atoms with Crippen LogP contribution in [-0.2, 0) is 9.47 Å². The van der Waals surface area contributed by atoms with E-state index in [0.29, 0.717) is 44.5 Å². The predicted molar refractivity (Wildman–Crippen MR) is 108 cm³/mol. The van der Waals surface area contributed by atoms with E-state index >= 15 is 0 Å². The van der Waals surface area contributed by atoms with Gasteiger partial charge in [-0.25, -0.2) is 0 Å². The second-order valence-corrected chi connectivity index (χ2v) is 6.90. The van der Waals surface area contributed by atoms with Crippen LogP contribution >= 0.6 is 11.8 Å². The van der Waals surface area contributed by atoms with Gasteiger partial charge in [-0.05, 0) is 24.3 Å². The summed E-state index contributed by atoms with van der Waals surface area (Å²) in [6, 6.07) is 11.3. The highest BCUT2D eigenvalue weighted by Gasteiger charge is 2.08. The Kier molecular flexibility index (Phi) is 8.44. The number of pyridine rings is 1. The molecule has 0 N–H and O–H groups in total. The highest BCUT2D eigenvalue weighted by molar-refractivity contribution is 7.99. The number of nitrogens with zero attached hydrogens (tertiary/aromatic N) is 2. The van der Waals surface area contributed by atoms with Crippen molar-refractivity contribution < 1.29 is 18.9 Å². The third-order valence-electron chi connectivity index (χ3n) is 3.68. The van der Waals surface area contributed by atoms with Gasteiger partial charge in [0.25, 0.3) is 0 Å². The van der Waals surface area contributed by atoms with E-state index in [1.54, 1.807) is 12.4 Å². The highest BCUT2D eigenvalue weighted by Crippen LogP contribution is 2.31. The van der Waals surface area contributed by atoms with Crippen LogP contribution in [0.3, 0.4) is 0 Å². The molecule has 0 bridgehead atoms. The number of ether oxygens (including phenoxy) is 4. The van der Waals surface area contributed by atoms with Crippen LogP contribution in [-0.4, -0.2) is 62.3 Å². The molecule has 2 heterocycles. The summed E-state index contributed by atoms with van der Waals surface area (Å²) in [7, 11) is 0. The standard InChI is InChI=1S/C20H24N2O4S/c1-2-6-21-18(3-1)16-22-17-4-5-19-20(15-17)26-10-8-24-12-14-27-13-11-23-7-9-25-19/h1-6,15-16H,7-14H2. The molecule has 0 saturated carbocycles. The van der Waals surface area contributed by atoms with Crippen LogP contribution in [0, 0.1) is 0 Å². The van der Waals surface area contributed by atoms with E-state index in [9.17, 15) is 0 Å². The van der Waals surface area contributed by atoms with E-state index in [2.05, 4.69) is 9.98 Å². The third-order valence-corrected chi connectivity index (χ3v) is 4.59. The Labute approximate surface area is 163 Å². The summed E-state index contributed by atoms with van der Waals surface area (Å²) < 4.78 is 22.9. The van der Waals surface area contributed by atoms with Gasteiger partial charge >= 0.3 is 0 Å². The minimum Gasteiger partial charge on any atom is -0.487 e. The molecule has 0 atom stereocenters. The van der Waals surface area contributed by atoms with Gasteiger partial charge in [0.05, 0.1) is 44.0 Å². The molecule has 0 fully saturated rings. The lowest BCUT2D eigenvalue weighted by Crippen LogP contribution is -2.10. The molecule has 6 nitrogen and oxygen atoms in total. The minimum absolute atomic E-state index is 0.463. The molecule has 0 aliphatic carbocycles. The fraction of sp³-hybridized carbons (Fsp3) is 0.400. The summed E-state index contributed by atoms with van der Waals surface area (Å²) in [6.45, 7) is 3.47. The third kappa shape index (κ3) is 7.21. The van der Waals surface area contributed by atoms with Crippen LogP contribution in [0.25, 0.3) is 0 Å². The molecule has 0 amide bonds. The average Bonchev–Trinajstić information content (AvgIpc) is 2.72. The molecular weight excluding hydrogens is 364 g/mol. The van der Waals surface area contributed by atoms with Gasteiger partial charge < -0.3 is 18.9 Å². The highest BCUT2D eigenvalue weighted by atomic mass is 32.2. The maximum Gasteiger partial charge on any atom is 0.163 e. The van der Waals surface area contributed by atoms with Crippen molar-refractivity contribution in [1.82, 2.24) is 4.98 Å². The van der Waals surface area contributed by atoms with Crippen molar-refractivity contribution in [2.45, 2.75) is 0 Å². The molecule has 0 spiro atoms. The van der Waals surface area contributed by atoms with E-state index in [4.69, 9.17) is 18.9 Å². The summed E-state index contributed by atoms with van der Waals surface area (Å²) in [4.78, 5) is 8.71. The summed E-state index contributed by atoms with van der Waals surface area (Å²) >= 11 is 1.83. The average molecular weight is 388 g/mol. The van der Waals surface area contributed by atoms with E-state index in [-0.39, 0.29) is 0 Å². The quantitative estimate of drug-likeness (QED) is 0.735. The number of thioether (sulfide) groups is 1. The van der Waals surface area contributed by atoms with Crippen molar-refractivity contribution in [2.75, 3.05) is 51.1 Å². The first-order valence-corrected chi connectivity index (χ1v) is 10.2. The van der Waals surface area contributed by atoms with Crippen molar-refractivity contribution >= 4 is 23.7 Å². The van der Waals surface area contributed by atoms with Crippen LogP contribution in [0.1, 0.15) is 5.69 Å². The van der Waals surface area contributed by atoms with Gasteiger partial charge in [-0.3, -0.25) is 9.98 Å². The Hall–Kier alpha value is -2.09. The molecule has 27 heavy (non-hydrogen) atoms. The van der Waals surface area contributed by atoms with Crippen LogP contribution in [0.15, 0.2) is 47.6 Å². The van der Waals surface area contributed by atoms with Gasteiger partial charge in [-0.2, -0.15) is 11.8 Å². The first-order chi connectivity index (χ1) is 13.4. The van der Waals surface area contributed by atoms with Crippen molar-refractivity contribution in [3.05, 3.63) is 48.3 Å². The second-order valence-electron chi connectivity index (χ2n) is 5.68. The molecule has 2 aromatic rings. The fourth-order valence-electron chi connectivity index (χ4n) is 2.37. The molecular formula is C20H24N2O4S. The fourth-order valence-corrected chi connectivity index (χ4v) is 3.04. The molecule has 0 saturated heterocycles. The van der Waals surface area contributed by atoms with Crippen LogP contribution < -0.4 is 9.47 Å². The lowest BCUT2D eigenvalue weighted by molar-refractivity contribution is 0.104. The molecule has 7 heteroatoms. The molecule has 1 aliphatic heterocycles. The maximum absolute atomic E-state index is 5.87. The smallest absolute Gasteiger partial charge is 0.163 e. The zero-order valence-corrected chi connectivity index (χ0v) is 16.0. The number of aliphatic imine (C=N–C) groups is 1. The van der Waals surface area contributed by atoms with Gasteiger partial charge in [0.1, 0.15) is 13.2 Å². The van der Waals surface area contributed by atoms with Crippen LogP contribution in [0.2, 0.25) is 0 Å². The lowest BCUT2D eigenvalue weighted by atomic mass is 10.2. The number of benzene rings is 1. The number of aromatic nitrogens is 1. The first kappa shape index (κ1) is 19.7. The van der Waals surface area contributed by atoms with Gasteiger partial charge in [-0.1, -0.05) is 6.07 Å². The Morgan fingerprint density at radius 2 is 1.63 bits per heavy atom. The largest absolute Gasteiger partial charge is 0.487 e. The van der Waals surface area contributed by atoms with Gasteiger partial charge in [-0.15, -0.1) is 0 Å². The van der Waals surface area contributed by atoms with E-state index in [1.165, 1.54) is 0 Å². The topological polar surface area (TPSA) is 62.2 Å². The zero-order chi connectivity index (χ0) is 18.6. The van der Waals surface area contributed by atoms with E-state index in [1.807, 2.05) is 48.2 Å². The number of hydrogen-bond acceptors (Lipinski definition) is 7. The Morgan fingerprint density at radius 1 is 0.852 bits per heavy atom. The van der Waals surface area contributed by atoms with Gasteiger partial charge in [0.2, 0.25) is 0 Å². The Morgan fingerprint density at radius 3 is 2.37 bits per heavy atom. The molecule has 1 aromatic heterocycles. The number of fused-ring (bicyclic) bond motifs is 1. The lowest BCUT2D eigenvalue weighted by Gasteiger charge is -2.13. The molecule has 0 unspecified atom stereocenters. The normalized spacial score (nSPS) is 17.2. The van der Waals surface area contributed by atoms with Crippen molar-refractivity contribution in [2.24, 2.45) is 4.99 Å².